The minimum atomic E-state index is -1.63. The van der Waals surface area contributed by atoms with E-state index in [4.69, 9.17) is 5.11 Å². The van der Waals surface area contributed by atoms with Crippen LogP contribution in [-0.4, -0.2) is 27.2 Å². The quantitative estimate of drug-likeness (QED) is 0.341. The number of carboxylic acid groups (broad SMARTS) is 1. The van der Waals surface area contributed by atoms with Gasteiger partial charge in [-0.05, 0) is 46.4 Å². The molecule has 0 aliphatic rings. The lowest BCUT2D eigenvalue weighted by atomic mass is 10.1. The Hall–Kier alpha value is -2.03. The van der Waals surface area contributed by atoms with Crippen molar-refractivity contribution in [3.63, 3.8) is 0 Å². The first-order chi connectivity index (χ1) is 10.4. The van der Waals surface area contributed by atoms with Gasteiger partial charge in [0.2, 0.25) is 5.78 Å². The van der Waals surface area contributed by atoms with E-state index in [2.05, 4.69) is 0 Å². The summed E-state index contributed by atoms with van der Waals surface area (Å²) in [6, 6.07) is 7.41. The Balaban J connectivity index is 2.22. The molecule has 0 bridgehead atoms. The van der Waals surface area contributed by atoms with Crippen molar-refractivity contribution in [2.45, 2.75) is 13.0 Å². The van der Waals surface area contributed by atoms with Gasteiger partial charge in [-0.3, -0.25) is 9.59 Å². The summed E-state index contributed by atoms with van der Waals surface area (Å²) < 4.78 is 15.3. The molecule has 7 heteroatoms. The molecular weight excluding hydrogens is 404 g/mol. The van der Waals surface area contributed by atoms with Crippen LogP contribution in [0, 0.1) is 9.39 Å². The zero-order valence-corrected chi connectivity index (χ0v) is 13.4. The lowest BCUT2D eigenvalue weighted by Crippen LogP contribution is -2.19. The fourth-order valence-corrected chi connectivity index (χ4v) is 2.57. The van der Waals surface area contributed by atoms with E-state index in [0.717, 1.165) is 9.13 Å². The molecule has 0 saturated carbocycles. The second kappa shape index (κ2) is 6.82. The summed E-state index contributed by atoms with van der Waals surface area (Å²) in [6.45, 7) is 0.325. The summed E-state index contributed by atoms with van der Waals surface area (Å²) in [5, 5.41) is 8.57. The molecule has 2 rings (SSSR count). The maximum absolute atomic E-state index is 12.9. The fraction of sp³-hybridized carbons (Fsp3) is 0.133. The SMILES string of the molecule is O=C(O)C(=O)CC(=O)c1cc(I)cn1Cc1ccc(F)cc1. The summed E-state index contributed by atoms with van der Waals surface area (Å²) in [6.07, 6.45) is 1.03. The lowest BCUT2D eigenvalue weighted by molar-refractivity contribution is -0.148. The highest BCUT2D eigenvalue weighted by Crippen LogP contribution is 2.16. The highest BCUT2D eigenvalue weighted by atomic mass is 127. The van der Waals surface area contributed by atoms with Gasteiger partial charge < -0.3 is 9.67 Å². The predicted molar refractivity (Wildman–Crippen MR) is 84.2 cm³/mol. The first-order valence-electron chi connectivity index (χ1n) is 6.26. The Morgan fingerprint density at radius 3 is 2.41 bits per heavy atom. The van der Waals surface area contributed by atoms with Crippen LogP contribution in [0.4, 0.5) is 4.39 Å². The van der Waals surface area contributed by atoms with Crippen molar-refractivity contribution in [2.75, 3.05) is 0 Å². The van der Waals surface area contributed by atoms with Gasteiger partial charge in [0.1, 0.15) is 5.82 Å². The van der Waals surface area contributed by atoms with Crippen LogP contribution in [0.2, 0.25) is 0 Å². The lowest BCUT2D eigenvalue weighted by Gasteiger charge is -2.08. The molecule has 5 nitrogen and oxygen atoms in total. The van der Waals surface area contributed by atoms with Crippen LogP contribution in [0.3, 0.4) is 0 Å². The molecule has 0 fully saturated rings. The number of hydrogen-bond acceptors (Lipinski definition) is 3. The number of ketones is 2. The molecule has 0 amide bonds. The number of rotatable bonds is 6. The van der Waals surface area contributed by atoms with Crippen LogP contribution in [-0.2, 0) is 16.1 Å². The first kappa shape index (κ1) is 16.3. The van der Waals surface area contributed by atoms with Crippen molar-refractivity contribution in [1.82, 2.24) is 4.57 Å². The standard InChI is InChI=1S/C15H11FINO4/c16-10-3-1-9(2-4-10)7-18-8-11(17)5-12(18)13(19)6-14(20)15(21)22/h1-5,8H,6-7H2,(H,21,22). The number of carbonyl (C=O) groups is 3. The molecule has 0 aliphatic carbocycles. The highest BCUT2D eigenvalue weighted by molar-refractivity contribution is 14.1. The molecule has 0 radical (unpaired) electrons. The molecule has 0 atom stereocenters. The van der Waals surface area contributed by atoms with E-state index in [1.165, 1.54) is 12.1 Å². The third-order valence-corrected chi connectivity index (χ3v) is 3.56. The van der Waals surface area contributed by atoms with Crippen molar-refractivity contribution in [1.29, 1.82) is 0 Å². The minimum Gasteiger partial charge on any atom is -0.475 e. The predicted octanol–water partition coefficient (Wildman–Crippen LogP) is 2.51. The number of aromatic nitrogens is 1. The number of carbonyl (C=O) groups excluding carboxylic acids is 2. The zero-order valence-electron chi connectivity index (χ0n) is 11.3. The average molecular weight is 415 g/mol. The number of nitrogens with zero attached hydrogens (tertiary/aromatic N) is 1. The van der Waals surface area contributed by atoms with Gasteiger partial charge in [-0.25, -0.2) is 9.18 Å². The van der Waals surface area contributed by atoms with Crippen LogP contribution in [0.1, 0.15) is 22.5 Å². The van der Waals surface area contributed by atoms with Crippen molar-refractivity contribution in [3.05, 3.63) is 57.2 Å². The Labute approximate surface area is 138 Å². The average Bonchev–Trinajstić information content (AvgIpc) is 2.82. The molecular formula is C15H11FINO4. The van der Waals surface area contributed by atoms with Crippen LogP contribution in [0.5, 0.6) is 0 Å². The number of halogens is 2. The molecule has 114 valence electrons. The van der Waals surface area contributed by atoms with E-state index >= 15 is 0 Å². The number of carboxylic acids is 1. The molecule has 22 heavy (non-hydrogen) atoms. The van der Waals surface area contributed by atoms with E-state index in [-0.39, 0.29) is 11.5 Å². The normalized spacial score (nSPS) is 10.5. The Kier molecular flexibility index (Phi) is 5.07. The fourth-order valence-electron chi connectivity index (χ4n) is 1.94. The van der Waals surface area contributed by atoms with Crippen molar-refractivity contribution < 1.29 is 23.9 Å². The number of benzene rings is 1. The second-order valence-electron chi connectivity index (χ2n) is 4.63. The molecule has 1 aromatic carbocycles. The molecule has 1 heterocycles. The van der Waals surface area contributed by atoms with Crippen LogP contribution in [0.25, 0.3) is 0 Å². The Morgan fingerprint density at radius 1 is 1.18 bits per heavy atom. The second-order valence-corrected chi connectivity index (χ2v) is 5.87. The van der Waals surface area contributed by atoms with Gasteiger partial charge in [-0.1, -0.05) is 12.1 Å². The maximum Gasteiger partial charge on any atom is 0.372 e. The monoisotopic (exact) mass is 415 g/mol. The molecule has 1 aromatic heterocycles. The molecule has 0 unspecified atom stereocenters. The molecule has 2 aromatic rings. The van der Waals surface area contributed by atoms with Crippen molar-refractivity contribution in [3.8, 4) is 0 Å². The van der Waals surface area contributed by atoms with Gasteiger partial charge in [-0.15, -0.1) is 0 Å². The number of aliphatic carboxylic acids is 1. The van der Waals surface area contributed by atoms with Gasteiger partial charge in [0.25, 0.3) is 0 Å². The Bertz CT molecular complexity index is 737. The largest absolute Gasteiger partial charge is 0.475 e. The van der Waals surface area contributed by atoms with Gasteiger partial charge in [0.15, 0.2) is 5.78 Å². The van der Waals surface area contributed by atoms with Gasteiger partial charge in [0.05, 0.1) is 12.1 Å². The molecule has 0 spiro atoms. The molecule has 1 N–H and O–H groups in total. The number of Topliss-reactive ketones (excluding diaryl/α,β-unsaturated/α-hetero) is 2. The van der Waals surface area contributed by atoms with E-state index in [9.17, 15) is 18.8 Å². The van der Waals surface area contributed by atoms with E-state index in [0.29, 0.717) is 6.54 Å². The minimum absolute atomic E-state index is 0.253. The van der Waals surface area contributed by atoms with Crippen molar-refractivity contribution in [2.24, 2.45) is 0 Å². The summed E-state index contributed by atoms with van der Waals surface area (Å²) in [7, 11) is 0. The molecule has 0 saturated heterocycles. The third-order valence-electron chi connectivity index (χ3n) is 2.97. The molecule has 0 aliphatic heterocycles. The number of hydrogen-bond donors (Lipinski definition) is 1. The van der Waals surface area contributed by atoms with Crippen LogP contribution >= 0.6 is 22.6 Å². The van der Waals surface area contributed by atoms with Crippen molar-refractivity contribution >= 4 is 40.1 Å². The van der Waals surface area contributed by atoms with Gasteiger partial charge >= 0.3 is 5.97 Å². The van der Waals surface area contributed by atoms with E-state index < -0.39 is 24.0 Å². The van der Waals surface area contributed by atoms with Gasteiger partial charge in [-0.2, -0.15) is 0 Å². The van der Waals surface area contributed by atoms with Crippen LogP contribution in [0.15, 0.2) is 36.5 Å². The van der Waals surface area contributed by atoms with E-state index in [1.807, 2.05) is 22.6 Å². The third kappa shape index (κ3) is 4.00. The smallest absolute Gasteiger partial charge is 0.372 e. The topological polar surface area (TPSA) is 76.4 Å². The van der Waals surface area contributed by atoms with E-state index in [1.54, 1.807) is 29.0 Å². The summed E-state index contributed by atoms with van der Waals surface area (Å²) in [4.78, 5) is 33.8. The summed E-state index contributed by atoms with van der Waals surface area (Å²) in [5.41, 5.74) is 1.04. The highest BCUT2D eigenvalue weighted by Gasteiger charge is 2.20. The van der Waals surface area contributed by atoms with Crippen LogP contribution < -0.4 is 0 Å². The summed E-state index contributed by atoms with van der Waals surface area (Å²) >= 11 is 2.02. The Morgan fingerprint density at radius 2 is 1.82 bits per heavy atom. The summed E-state index contributed by atoms with van der Waals surface area (Å²) in [5.74, 6) is -3.68. The maximum atomic E-state index is 12.9. The first-order valence-corrected chi connectivity index (χ1v) is 7.34. The zero-order chi connectivity index (χ0) is 16.3. The van der Waals surface area contributed by atoms with Gasteiger partial charge in [0, 0.05) is 16.3 Å².